The largest absolute Gasteiger partial charge is 0.496 e. The highest BCUT2D eigenvalue weighted by Gasteiger charge is 2.11. The summed E-state index contributed by atoms with van der Waals surface area (Å²) in [6.45, 7) is 4.39. The van der Waals surface area contributed by atoms with Crippen molar-refractivity contribution in [2.24, 2.45) is 0 Å². The van der Waals surface area contributed by atoms with Crippen LogP contribution in [0.1, 0.15) is 30.3 Å². The van der Waals surface area contributed by atoms with Crippen molar-refractivity contribution in [3.05, 3.63) is 41.6 Å². The Morgan fingerprint density at radius 2 is 2.11 bits per heavy atom. The smallest absolute Gasteiger partial charge is 0.230 e. The highest BCUT2D eigenvalue weighted by molar-refractivity contribution is 5.35. The van der Waals surface area contributed by atoms with Gasteiger partial charge < -0.3 is 14.5 Å². The van der Waals surface area contributed by atoms with E-state index in [2.05, 4.69) is 22.4 Å². The number of para-hydroxylation sites is 1. The van der Waals surface area contributed by atoms with E-state index in [9.17, 15) is 0 Å². The molecule has 1 aromatic carbocycles. The quantitative estimate of drug-likeness (QED) is 0.878. The molecular formula is C13H17N3O2. The number of hydrogen-bond donors (Lipinski definition) is 1. The molecule has 18 heavy (non-hydrogen) atoms. The number of nitrogens with zero attached hydrogens (tertiary/aromatic N) is 2. The molecule has 2 aromatic rings. The number of ether oxygens (including phenoxy) is 1. The summed E-state index contributed by atoms with van der Waals surface area (Å²) in [4.78, 5) is 0. The van der Waals surface area contributed by atoms with Crippen LogP contribution < -0.4 is 10.1 Å². The van der Waals surface area contributed by atoms with Crippen LogP contribution in [0.15, 0.2) is 28.7 Å². The molecule has 2 rings (SSSR count). The third-order valence-corrected chi connectivity index (χ3v) is 2.73. The molecule has 0 bridgehead atoms. The third kappa shape index (κ3) is 2.87. The molecule has 0 aliphatic rings. The molecule has 1 heterocycles. The second-order valence-electron chi connectivity index (χ2n) is 4.06. The summed E-state index contributed by atoms with van der Waals surface area (Å²) in [5.74, 6) is 2.05. The molecule has 1 atom stereocenters. The Morgan fingerprint density at radius 1 is 1.33 bits per heavy atom. The summed E-state index contributed by atoms with van der Waals surface area (Å²) < 4.78 is 10.6. The van der Waals surface area contributed by atoms with Crippen LogP contribution in [0.4, 0.5) is 0 Å². The van der Waals surface area contributed by atoms with Crippen LogP contribution in [0.25, 0.3) is 0 Å². The van der Waals surface area contributed by atoms with E-state index >= 15 is 0 Å². The predicted molar refractivity (Wildman–Crippen MR) is 67.3 cm³/mol. The number of aryl methyl sites for hydroxylation is 1. The van der Waals surface area contributed by atoms with E-state index in [4.69, 9.17) is 9.15 Å². The Kier molecular flexibility index (Phi) is 3.94. The Bertz CT molecular complexity index is 510. The van der Waals surface area contributed by atoms with Crippen molar-refractivity contribution in [3.8, 4) is 5.75 Å². The zero-order chi connectivity index (χ0) is 13.0. The average Bonchev–Trinajstić information content (AvgIpc) is 2.81. The summed E-state index contributed by atoms with van der Waals surface area (Å²) in [7, 11) is 1.67. The lowest BCUT2D eigenvalue weighted by atomic mass is 10.1. The molecule has 0 amide bonds. The molecule has 0 unspecified atom stereocenters. The van der Waals surface area contributed by atoms with Gasteiger partial charge in [0.15, 0.2) is 0 Å². The minimum absolute atomic E-state index is 0.147. The van der Waals surface area contributed by atoms with Gasteiger partial charge >= 0.3 is 0 Å². The van der Waals surface area contributed by atoms with Gasteiger partial charge in [0.2, 0.25) is 11.8 Å². The molecule has 0 saturated heterocycles. The van der Waals surface area contributed by atoms with Crippen LogP contribution in [0.3, 0.4) is 0 Å². The SMILES string of the molecule is COc1ccccc1[C@H](C)NCc1nnc(C)o1. The number of aromatic nitrogens is 2. The molecule has 0 aliphatic carbocycles. The van der Waals surface area contributed by atoms with Gasteiger partial charge in [0.05, 0.1) is 13.7 Å². The van der Waals surface area contributed by atoms with Crippen molar-refractivity contribution in [1.82, 2.24) is 15.5 Å². The van der Waals surface area contributed by atoms with Gasteiger partial charge in [-0.3, -0.25) is 0 Å². The first-order valence-corrected chi connectivity index (χ1v) is 5.86. The van der Waals surface area contributed by atoms with Gasteiger partial charge in [-0.05, 0) is 13.0 Å². The van der Waals surface area contributed by atoms with Crippen LogP contribution in [0.2, 0.25) is 0 Å². The highest BCUT2D eigenvalue weighted by atomic mass is 16.5. The van der Waals surface area contributed by atoms with Crippen molar-refractivity contribution in [3.63, 3.8) is 0 Å². The Labute approximate surface area is 106 Å². The second kappa shape index (κ2) is 5.64. The number of benzene rings is 1. The molecule has 0 fully saturated rings. The fourth-order valence-corrected chi connectivity index (χ4v) is 1.78. The number of hydrogen-bond acceptors (Lipinski definition) is 5. The van der Waals surface area contributed by atoms with Gasteiger partial charge in [-0.1, -0.05) is 18.2 Å². The zero-order valence-electron chi connectivity index (χ0n) is 10.8. The molecule has 5 heteroatoms. The van der Waals surface area contributed by atoms with Crippen molar-refractivity contribution < 1.29 is 9.15 Å². The average molecular weight is 247 g/mol. The van der Waals surface area contributed by atoms with Crippen molar-refractivity contribution >= 4 is 0 Å². The fourth-order valence-electron chi connectivity index (χ4n) is 1.78. The molecule has 0 saturated carbocycles. The lowest BCUT2D eigenvalue weighted by molar-refractivity contribution is 0.394. The van der Waals surface area contributed by atoms with Gasteiger partial charge in [0.25, 0.3) is 0 Å². The van der Waals surface area contributed by atoms with E-state index in [1.807, 2.05) is 24.3 Å². The molecule has 0 aliphatic heterocycles. The third-order valence-electron chi connectivity index (χ3n) is 2.73. The monoisotopic (exact) mass is 247 g/mol. The summed E-state index contributed by atoms with van der Waals surface area (Å²) in [5.41, 5.74) is 1.11. The lowest BCUT2D eigenvalue weighted by Gasteiger charge is -2.16. The first-order chi connectivity index (χ1) is 8.70. The van der Waals surface area contributed by atoms with Crippen LogP contribution in [0, 0.1) is 6.92 Å². The molecule has 0 radical (unpaired) electrons. The molecule has 96 valence electrons. The van der Waals surface area contributed by atoms with E-state index in [1.54, 1.807) is 14.0 Å². The topological polar surface area (TPSA) is 60.2 Å². The van der Waals surface area contributed by atoms with Gasteiger partial charge in [0, 0.05) is 18.5 Å². The summed E-state index contributed by atoms with van der Waals surface area (Å²) in [5, 5.41) is 11.1. The summed E-state index contributed by atoms with van der Waals surface area (Å²) >= 11 is 0. The van der Waals surface area contributed by atoms with E-state index in [0.29, 0.717) is 18.3 Å². The fraction of sp³-hybridized carbons (Fsp3) is 0.385. The molecule has 5 nitrogen and oxygen atoms in total. The van der Waals surface area contributed by atoms with Gasteiger partial charge in [-0.15, -0.1) is 10.2 Å². The first kappa shape index (κ1) is 12.6. The normalized spacial score (nSPS) is 12.4. The second-order valence-corrected chi connectivity index (χ2v) is 4.06. The molecule has 1 N–H and O–H groups in total. The maximum Gasteiger partial charge on any atom is 0.230 e. The van der Waals surface area contributed by atoms with E-state index in [-0.39, 0.29) is 6.04 Å². The van der Waals surface area contributed by atoms with Crippen LogP contribution in [-0.4, -0.2) is 17.3 Å². The van der Waals surface area contributed by atoms with Crippen molar-refractivity contribution in [1.29, 1.82) is 0 Å². The maximum atomic E-state index is 5.33. The van der Waals surface area contributed by atoms with E-state index < -0.39 is 0 Å². The van der Waals surface area contributed by atoms with E-state index in [0.717, 1.165) is 11.3 Å². The first-order valence-electron chi connectivity index (χ1n) is 5.86. The van der Waals surface area contributed by atoms with Crippen LogP contribution >= 0.6 is 0 Å². The lowest BCUT2D eigenvalue weighted by Crippen LogP contribution is -2.18. The molecule has 0 spiro atoms. The van der Waals surface area contributed by atoms with Gasteiger partial charge in [0.1, 0.15) is 5.75 Å². The van der Waals surface area contributed by atoms with Crippen LogP contribution in [-0.2, 0) is 6.54 Å². The number of nitrogens with one attached hydrogen (secondary N) is 1. The molecule has 1 aromatic heterocycles. The Hall–Kier alpha value is -1.88. The standard InChI is InChI=1S/C13H17N3O2/c1-9(11-6-4-5-7-12(11)17-3)14-8-13-16-15-10(2)18-13/h4-7,9,14H,8H2,1-3H3/t9-/m0/s1. The number of methoxy groups -OCH3 is 1. The maximum absolute atomic E-state index is 5.33. The Morgan fingerprint density at radius 3 is 2.78 bits per heavy atom. The minimum atomic E-state index is 0.147. The van der Waals surface area contributed by atoms with Crippen molar-refractivity contribution in [2.45, 2.75) is 26.4 Å². The van der Waals surface area contributed by atoms with E-state index in [1.165, 1.54) is 0 Å². The highest BCUT2D eigenvalue weighted by Crippen LogP contribution is 2.24. The predicted octanol–water partition coefficient (Wildman–Crippen LogP) is 2.24. The van der Waals surface area contributed by atoms with Crippen molar-refractivity contribution in [2.75, 3.05) is 7.11 Å². The summed E-state index contributed by atoms with van der Waals surface area (Å²) in [6.07, 6.45) is 0. The van der Waals surface area contributed by atoms with Crippen LogP contribution in [0.5, 0.6) is 5.75 Å². The van der Waals surface area contributed by atoms with Gasteiger partial charge in [-0.25, -0.2) is 0 Å². The Balaban J connectivity index is 2.01. The van der Waals surface area contributed by atoms with Gasteiger partial charge in [-0.2, -0.15) is 0 Å². The molecular weight excluding hydrogens is 230 g/mol. The zero-order valence-corrected chi connectivity index (χ0v) is 10.8. The minimum Gasteiger partial charge on any atom is -0.496 e. The summed E-state index contributed by atoms with van der Waals surface area (Å²) in [6, 6.07) is 8.08. The number of rotatable bonds is 5.